The van der Waals surface area contributed by atoms with Crippen LogP contribution in [0.25, 0.3) is 0 Å². The van der Waals surface area contributed by atoms with Crippen LogP contribution in [0.4, 0.5) is 0 Å². The monoisotopic (exact) mass is 343 g/mol. The molecular formula is C21H29NOS. The Kier molecular flexibility index (Phi) is 8.20. The van der Waals surface area contributed by atoms with Crippen LogP contribution in [-0.2, 0) is 6.54 Å². The minimum atomic E-state index is 0.314. The molecule has 0 fully saturated rings. The maximum atomic E-state index is 5.41. The zero-order chi connectivity index (χ0) is 17.2. The Morgan fingerprint density at radius 3 is 2.50 bits per heavy atom. The Morgan fingerprint density at radius 2 is 1.79 bits per heavy atom. The minimum Gasteiger partial charge on any atom is -0.496 e. The van der Waals surface area contributed by atoms with Gasteiger partial charge in [-0.2, -0.15) is 0 Å². The zero-order valence-electron chi connectivity index (χ0n) is 15.0. The van der Waals surface area contributed by atoms with E-state index in [4.69, 9.17) is 4.74 Å². The second-order valence-corrected chi connectivity index (χ2v) is 7.21. The van der Waals surface area contributed by atoms with Gasteiger partial charge in [-0.05, 0) is 42.9 Å². The third-order valence-corrected chi connectivity index (χ3v) is 5.29. The Balaban J connectivity index is 1.84. The summed E-state index contributed by atoms with van der Waals surface area (Å²) >= 11 is 1.96. The van der Waals surface area contributed by atoms with Gasteiger partial charge in [-0.3, -0.25) is 0 Å². The van der Waals surface area contributed by atoms with E-state index in [1.165, 1.54) is 41.0 Å². The Bertz CT molecular complexity index is 597. The fourth-order valence-corrected chi connectivity index (χ4v) is 3.54. The molecule has 0 heterocycles. The van der Waals surface area contributed by atoms with E-state index in [0.29, 0.717) is 6.04 Å². The highest BCUT2D eigenvalue weighted by molar-refractivity contribution is 7.99. The smallest absolute Gasteiger partial charge is 0.123 e. The van der Waals surface area contributed by atoms with E-state index in [1.54, 1.807) is 7.11 Å². The van der Waals surface area contributed by atoms with Gasteiger partial charge in [0.05, 0.1) is 7.11 Å². The average molecular weight is 344 g/mol. The fourth-order valence-electron chi connectivity index (χ4n) is 2.62. The lowest BCUT2D eigenvalue weighted by Crippen LogP contribution is -2.18. The van der Waals surface area contributed by atoms with Crippen molar-refractivity contribution in [3.05, 3.63) is 59.7 Å². The topological polar surface area (TPSA) is 21.3 Å². The van der Waals surface area contributed by atoms with Crippen LogP contribution >= 0.6 is 11.8 Å². The number of nitrogens with one attached hydrogen (secondary N) is 1. The van der Waals surface area contributed by atoms with Crippen molar-refractivity contribution in [3.8, 4) is 5.75 Å². The summed E-state index contributed by atoms with van der Waals surface area (Å²) in [6.07, 6.45) is 3.92. The number of rotatable bonds is 10. The van der Waals surface area contributed by atoms with Crippen molar-refractivity contribution < 1.29 is 4.74 Å². The molecule has 0 saturated heterocycles. The quantitative estimate of drug-likeness (QED) is 0.433. The summed E-state index contributed by atoms with van der Waals surface area (Å²) in [6.45, 7) is 5.26. The molecule has 0 bridgehead atoms. The van der Waals surface area contributed by atoms with Crippen LogP contribution in [-0.4, -0.2) is 12.9 Å². The van der Waals surface area contributed by atoms with Crippen molar-refractivity contribution >= 4 is 11.8 Å². The molecule has 1 N–H and O–H groups in total. The molecule has 2 aromatic carbocycles. The maximum absolute atomic E-state index is 5.41. The standard InChI is InChI=1S/C21H29NOS/c1-4-5-8-15-24-20-13-11-18(12-14-20)17(2)22-16-19-9-6-7-10-21(19)23-3/h6-7,9-14,17,22H,4-5,8,15-16H2,1-3H3. The summed E-state index contributed by atoms with van der Waals surface area (Å²) in [6, 6.07) is 17.4. The molecule has 2 aromatic rings. The van der Waals surface area contributed by atoms with Gasteiger partial charge in [0.15, 0.2) is 0 Å². The molecule has 0 aliphatic heterocycles. The molecule has 0 spiro atoms. The Morgan fingerprint density at radius 1 is 1.04 bits per heavy atom. The molecule has 2 rings (SSSR count). The zero-order valence-corrected chi connectivity index (χ0v) is 15.9. The summed E-state index contributed by atoms with van der Waals surface area (Å²) in [5.41, 5.74) is 2.51. The summed E-state index contributed by atoms with van der Waals surface area (Å²) in [4.78, 5) is 1.37. The highest BCUT2D eigenvalue weighted by Crippen LogP contribution is 2.23. The molecule has 24 heavy (non-hydrogen) atoms. The number of unbranched alkanes of at least 4 members (excludes halogenated alkanes) is 2. The number of hydrogen-bond donors (Lipinski definition) is 1. The molecule has 2 nitrogen and oxygen atoms in total. The predicted molar refractivity (Wildman–Crippen MR) is 105 cm³/mol. The van der Waals surface area contributed by atoms with E-state index in [1.807, 2.05) is 23.9 Å². The van der Waals surface area contributed by atoms with E-state index in [-0.39, 0.29) is 0 Å². The highest BCUT2D eigenvalue weighted by atomic mass is 32.2. The summed E-state index contributed by atoms with van der Waals surface area (Å²) < 4.78 is 5.41. The van der Waals surface area contributed by atoms with Crippen molar-refractivity contribution in [2.45, 2.75) is 50.6 Å². The van der Waals surface area contributed by atoms with Crippen molar-refractivity contribution in [2.24, 2.45) is 0 Å². The SMILES string of the molecule is CCCCCSc1ccc(C(C)NCc2ccccc2OC)cc1. The van der Waals surface area contributed by atoms with E-state index in [9.17, 15) is 0 Å². The Labute approximate surface area is 151 Å². The average Bonchev–Trinajstić information content (AvgIpc) is 2.64. The number of hydrogen-bond acceptors (Lipinski definition) is 3. The number of benzene rings is 2. The molecule has 0 radical (unpaired) electrons. The molecule has 0 amide bonds. The van der Waals surface area contributed by atoms with Gasteiger partial charge in [-0.25, -0.2) is 0 Å². The first-order valence-corrected chi connectivity index (χ1v) is 9.81. The lowest BCUT2D eigenvalue weighted by atomic mass is 10.1. The van der Waals surface area contributed by atoms with Crippen molar-refractivity contribution in [1.82, 2.24) is 5.32 Å². The van der Waals surface area contributed by atoms with Crippen LogP contribution in [0.2, 0.25) is 0 Å². The van der Waals surface area contributed by atoms with Crippen LogP contribution in [0.5, 0.6) is 5.75 Å². The number of thioether (sulfide) groups is 1. The number of para-hydroxylation sites is 1. The molecule has 130 valence electrons. The molecule has 0 saturated carbocycles. The van der Waals surface area contributed by atoms with Crippen molar-refractivity contribution in [1.29, 1.82) is 0 Å². The van der Waals surface area contributed by atoms with Crippen LogP contribution in [0.15, 0.2) is 53.4 Å². The second-order valence-electron chi connectivity index (χ2n) is 6.04. The van der Waals surface area contributed by atoms with E-state index >= 15 is 0 Å². The van der Waals surface area contributed by atoms with Crippen molar-refractivity contribution in [2.75, 3.05) is 12.9 Å². The first-order valence-electron chi connectivity index (χ1n) is 8.82. The first-order chi connectivity index (χ1) is 11.7. The first kappa shape index (κ1) is 18.9. The predicted octanol–water partition coefficient (Wildman–Crippen LogP) is 5.83. The van der Waals surface area contributed by atoms with Gasteiger partial charge in [0, 0.05) is 23.0 Å². The molecule has 0 aliphatic rings. The van der Waals surface area contributed by atoms with Crippen LogP contribution in [0.1, 0.15) is 50.3 Å². The summed E-state index contributed by atoms with van der Waals surface area (Å²) in [7, 11) is 1.72. The van der Waals surface area contributed by atoms with E-state index in [0.717, 1.165) is 12.3 Å². The molecule has 3 heteroatoms. The fraction of sp³-hybridized carbons (Fsp3) is 0.429. The van der Waals surface area contributed by atoms with Gasteiger partial charge in [0.25, 0.3) is 0 Å². The molecular weight excluding hydrogens is 314 g/mol. The van der Waals surface area contributed by atoms with Gasteiger partial charge in [0.1, 0.15) is 5.75 Å². The highest BCUT2D eigenvalue weighted by Gasteiger charge is 2.07. The molecule has 1 atom stereocenters. The van der Waals surface area contributed by atoms with Crippen LogP contribution < -0.4 is 10.1 Å². The van der Waals surface area contributed by atoms with Gasteiger partial charge in [-0.1, -0.05) is 50.1 Å². The molecule has 0 aromatic heterocycles. The lowest BCUT2D eigenvalue weighted by Gasteiger charge is -2.16. The summed E-state index contributed by atoms with van der Waals surface area (Å²) in [5.74, 6) is 2.16. The Hall–Kier alpha value is -1.45. The largest absolute Gasteiger partial charge is 0.496 e. The van der Waals surface area contributed by atoms with E-state index in [2.05, 4.69) is 55.6 Å². The minimum absolute atomic E-state index is 0.314. The van der Waals surface area contributed by atoms with Crippen molar-refractivity contribution in [3.63, 3.8) is 0 Å². The van der Waals surface area contributed by atoms with Crippen LogP contribution in [0, 0.1) is 0 Å². The lowest BCUT2D eigenvalue weighted by molar-refractivity contribution is 0.406. The van der Waals surface area contributed by atoms with Gasteiger partial charge >= 0.3 is 0 Å². The van der Waals surface area contributed by atoms with Gasteiger partial charge in [-0.15, -0.1) is 11.8 Å². The van der Waals surface area contributed by atoms with Gasteiger partial charge < -0.3 is 10.1 Å². The van der Waals surface area contributed by atoms with E-state index < -0.39 is 0 Å². The maximum Gasteiger partial charge on any atom is 0.123 e. The van der Waals surface area contributed by atoms with Gasteiger partial charge in [0.2, 0.25) is 0 Å². The normalized spacial score (nSPS) is 12.1. The van der Waals surface area contributed by atoms with Crippen LogP contribution in [0.3, 0.4) is 0 Å². The third-order valence-electron chi connectivity index (χ3n) is 4.19. The number of ether oxygens (including phenoxy) is 1. The number of methoxy groups -OCH3 is 1. The summed E-state index contributed by atoms with van der Waals surface area (Å²) in [5, 5.41) is 3.58. The second kappa shape index (κ2) is 10.4. The third kappa shape index (κ3) is 5.88. The molecule has 0 aliphatic carbocycles. The molecule has 1 unspecified atom stereocenters.